The minimum absolute atomic E-state index is 0.121. The molecule has 0 bridgehead atoms. The van der Waals surface area contributed by atoms with E-state index in [-0.39, 0.29) is 17.6 Å². The smallest absolute Gasteiger partial charge is 0.229 e. The molecule has 2 heterocycles. The van der Waals surface area contributed by atoms with Crippen molar-refractivity contribution in [1.82, 2.24) is 4.90 Å². The summed E-state index contributed by atoms with van der Waals surface area (Å²) >= 11 is 0. The average molecular weight is 339 g/mol. The zero-order chi connectivity index (χ0) is 17.4. The third kappa shape index (κ3) is 3.02. The molecule has 25 heavy (non-hydrogen) atoms. The molecule has 130 valence electrons. The van der Waals surface area contributed by atoms with E-state index in [0.717, 1.165) is 29.0 Å². The van der Waals surface area contributed by atoms with Gasteiger partial charge in [-0.3, -0.25) is 4.79 Å². The lowest BCUT2D eigenvalue weighted by Crippen LogP contribution is -2.43. The van der Waals surface area contributed by atoms with Crippen LogP contribution in [0.4, 0.5) is 0 Å². The predicted octanol–water partition coefficient (Wildman–Crippen LogP) is 2.54. The summed E-state index contributed by atoms with van der Waals surface area (Å²) in [5.74, 6) is 1.76. The number of amides is 1. The Morgan fingerprint density at radius 3 is 2.88 bits per heavy atom. The van der Waals surface area contributed by atoms with Gasteiger partial charge in [-0.05, 0) is 47.7 Å². The fourth-order valence-corrected chi connectivity index (χ4v) is 3.63. The Bertz CT molecular complexity index is 817. The summed E-state index contributed by atoms with van der Waals surface area (Å²) < 4.78 is 11.0. The van der Waals surface area contributed by atoms with Crippen LogP contribution in [0.15, 0.2) is 36.4 Å². The van der Waals surface area contributed by atoms with Crippen LogP contribution in [0.5, 0.6) is 17.2 Å². The highest BCUT2D eigenvalue weighted by atomic mass is 16.5. The molecule has 2 aromatic carbocycles. The monoisotopic (exact) mass is 339 g/mol. The predicted molar refractivity (Wildman–Crippen MR) is 92.9 cm³/mol. The van der Waals surface area contributed by atoms with Gasteiger partial charge in [0.05, 0.1) is 13.0 Å². The normalized spacial score (nSPS) is 18.8. The molecule has 0 spiro atoms. The summed E-state index contributed by atoms with van der Waals surface area (Å²) in [6.07, 6.45) is 1.50. The van der Waals surface area contributed by atoms with Crippen LogP contribution in [0, 0.1) is 5.92 Å². The van der Waals surface area contributed by atoms with Gasteiger partial charge in [0, 0.05) is 19.2 Å². The van der Waals surface area contributed by atoms with Crippen molar-refractivity contribution in [2.24, 2.45) is 5.92 Å². The third-order valence-electron chi connectivity index (χ3n) is 5.04. The van der Waals surface area contributed by atoms with Crippen LogP contribution in [0.1, 0.15) is 16.7 Å². The Morgan fingerprint density at radius 2 is 2.04 bits per heavy atom. The van der Waals surface area contributed by atoms with Gasteiger partial charge in [0.15, 0.2) is 0 Å². The molecule has 0 saturated heterocycles. The zero-order valence-corrected chi connectivity index (χ0v) is 14.2. The number of methoxy groups -OCH3 is 1. The van der Waals surface area contributed by atoms with Gasteiger partial charge in [-0.15, -0.1) is 0 Å². The van der Waals surface area contributed by atoms with E-state index in [1.165, 1.54) is 5.56 Å². The summed E-state index contributed by atoms with van der Waals surface area (Å²) in [5.41, 5.74) is 3.28. The lowest BCUT2D eigenvalue weighted by atomic mass is 9.93. The highest BCUT2D eigenvalue weighted by Crippen LogP contribution is 2.32. The summed E-state index contributed by atoms with van der Waals surface area (Å²) in [5, 5.41) is 9.68. The molecule has 0 fully saturated rings. The summed E-state index contributed by atoms with van der Waals surface area (Å²) in [6, 6.07) is 11.1. The van der Waals surface area contributed by atoms with Gasteiger partial charge < -0.3 is 19.5 Å². The number of carbonyl (C=O) groups is 1. The fraction of sp³-hybridized carbons (Fsp3) is 0.350. The van der Waals surface area contributed by atoms with Gasteiger partial charge in [-0.2, -0.15) is 0 Å². The number of rotatable bonds is 2. The first-order valence-electron chi connectivity index (χ1n) is 8.53. The number of fused-ring (bicyclic) bond motifs is 2. The zero-order valence-electron chi connectivity index (χ0n) is 14.2. The van der Waals surface area contributed by atoms with Crippen LogP contribution in [-0.2, 0) is 24.2 Å². The molecule has 4 rings (SSSR count). The van der Waals surface area contributed by atoms with E-state index in [1.54, 1.807) is 19.2 Å². The Kier molecular flexibility index (Phi) is 3.99. The largest absolute Gasteiger partial charge is 0.508 e. The standard InChI is InChI=1S/C20H21NO4/c1-24-18-5-3-14-8-16(12-25-19(14)10-18)20(23)21-7-6-13-2-4-17(22)9-15(13)11-21/h2-5,9-10,16,22H,6-8,11-12H2,1H3. The number of phenols is 1. The maximum atomic E-state index is 12.9. The van der Waals surface area contributed by atoms with E-state index in [4.69, 9.17) is 9.47 Å². The number of hydrogen-bond acceptors (Lipinski definition) is 4. The van der Waals surface area contributed by atoms with Crippen molar-refractivity contribution < 1.29 is 19.4 Å². The van der Waals surface area contributed by atoms with Crippen LogP contribution < -0.4 is 9.47 Å². The van der Waals surface area contributed by atoms with Crippen LogP contribution in [0.25, 0.3) is 0 Å². The van der Waals surface area contributed by atoms with Gasteiger partial charge in [0.2, 0.25) is 5.91 Å². The first kappa shape index (κ1) is 15.8. The average Bonchev–Trinajstić information content (AvgIpc) is 2.65. The second kappa shape index (κ2) is 6.31. The van der Waals surface area contributed by atoms with Crippen molar-refractivity contribution in [3.05, 3.63) is 53.1 Å². The fourth-order valence-electron chi connectivity index (χ4n) is 3.63. The number of benzene rings is 2. The molecule has 5 nitrogen and oxygen atoms in total. The number of phenolic OH excluding ortho intramolecular Hbond substituents is 1. The Balaban J connectivity index is 1.48. The molecule has 0 aromatic heterocycles. The molecule has 1 amide bonds. The number of aromatic hydroxyl groups is 1. The number of hydrogen-bond donors (Lipinski definition) is 1. The minimum Gasteiger partial charge on any atom is -0.508 e. The van der Waals surface area contributed by atoms with E-state index < -0.39 is 0 Å². The molecular formula is C20H21NO4. The van der Waals surface area contributed by atoms with Crippen molar-refractivity contribution in [1.29, 1.82) is 0 Å². The summed E-state index contributed by atoms with van der Waals surface area (Å²) in [7, 11) is 1.63. The van der Waals surface area contributed by atoms with E-state index in [9.17, 15) is 9.90 Å². The SMILES string of the molecule is COc1ccc2c(c1)OCC(C(=O)N1CCc3ccc(O)cc3C1)C2. The molecule has 2 aliphatic rings. The van der Waals surface area contributed by atoms with Gasteiger partial charge in [0.1, 0.15) is 23.9 Å². The quantitative estimate of drug-likeness (QED) is 0.913. The van der Waals surface area contributed by atoms with E-state index >= 15 is 0 Å². The van der Waals surface area contributed by atoms with Gasteiger partial charge >= 0.3 is 0 Å². The maximum Gasteiger partial charge on any atom is 0.229 e. The Hall–Kier alpha value is -2.69. The maximum absolute atomic E-state index is 12.9. The number of ether oxygens (including phenoxy) is 2. The minimum atomic E-state index is -0.167. The van der Waals surface area contributed by atoms with Gasteiger partial charge in [-0.1, -0.05) is 12.1 Å². The molecule has 1 N–H and O–H groups in total. The molecule has 0 saturated carbocycles. The lowest BCUT2D eigenvalue weighted by molar-refractivity contribution is -0.137. The Labute approximate surface area is 146 Å². The number of carbonyl (C=O) groups excluding carboxylic acids is 1. The molecule has 2 aliphatic heterocycles. The first-order valence-corrected chi connectivity index (χ1v) is 8.53. The molecule has 1 atom stereocenters. The van der Waals surface area contributed by atoms with Gasteiger partial charge in [-0.25, -0.2) is 0 Å². The highest BCUT2D eigenvalue weighted by molar-refractivity contribution is 5.80. The van der Waals surface area contributed by atoms with Crippen molar-refractivity contribution in [2.45, 2.75) is 19.4 Å². The molecule has 5 heteroatoms. The highest BCUT2D eigenvalue weighted by Gasteiger charge is 2.31. The van der Waals surface area contributed by atoms with Crippen molar-refractivity contribution in [3.8, 4) is 17.2 Å². The van der Waals surface area contributed by atoms with Crippen LogP contribution in [0.3, 0.4) is 0 Å². The van der Waals surface area contributed by atoms with Crippen molar-refractivity contribution in [3.63, 3.8) is 0 Å². The molecule has 0 radical (unpaired) electrons. The van der Waals surface area contributed by atoms with Crippen molar-refractivity contribution >= 4 is 5.91 Å². The first-order chi connectivity index (χ1) is 12.1. The topological polar surface area (TPSA) is 59.0 Å². The molecular weight excluding hydrogens is 318 g/mol. The summed E-state index contributed by atoms with van der Waals surface area (Å²) in [4.78, 5) is 14.8. The van der Waals surface area contributed by atoms with Crippen LogP contribution in [-0.4, -0.2) is 36.2 Å². The Morgan fingerprint density at radius 1 is 1.20 bits per heavy atom. The lowest BCUT2D eigenvalue weighted by Gasteiger charge is -2.33. The van der Waals surface area contributed by atoms with Crippen LogP contribution >= 0.6 is 0 Å². The van der Waals surface area contributed by atoms with Crippen molar-refractivity contribution in [2.75, 3.05) is 20.3 Å². The van der Waals surface area contributed by atoms with E-state index in [0.29, 0.717) is 26.1 Å². The number of nitrogens with zero attached hydrogens (tertiary/aromatic N) is 1. The third-order valence-corrected chi connectivity index (χ3v) is 5.04. The molecule has 1 unspecified atom stereocenters. The second-order valence-electron chi connectivity index (χ2n) is 6.65. The summed E-state index contributed by atoms with van der Waals surface area (Å²) in [6.45, 7) is 1.65. The molecule has 2 aromatic rings. The van der Waals surface area contributed by atoms with E-state index in [1.807, 2.05) is 29.2 Å². The van der Waals surface area contributed by atoms with Crippen LogP contribution in [0.2, 0.25) is 0 Å². The molecule has 0 aliphatic carbocycles. The van der Waals surface area contributed by atoms with E-state index in [2.05, 4.69) is 0 Å². The van der Waals surface area contributed by atoms with Gasteiger partial charge in [0.25, 0.3) is 0 Å². The second-order valence-corrected chi connectivity index (χ2v) is 6.65.